The summed E-state index contributed by atoms with van der Waals surface area (Å²) in [5.41, 5.74) is 3.12. The number of rotatable bonds is 2. The molecule has 1 aromatic carbocycles. The van der Waals surface area contributed by atoms with E-state index < -0.39 is 5.97 Å². The molecule has 0 aromatic heterocycles. The van der Waals surface area contributed by atoms with Gasteiger partial charge in [0.05, 0.1) is 11.3 Å². The highest BCUT2D eigenvalue weighted by atomic mass is 16.7. The normalized spacial score (nSPS) is 31.7. The average Bonchev–Trinajstić information content (AvgIpc) is 2.62. The molecule has 1 fully saturated rings. The lowest BCUT2D eigenvalue weighted by atomic mass is 9.57. The lowest BCUT2D eigenvalue weighted by molar-refractivity contribution is -0.122. The second-order valence-electron chi connectivity index (χ2n) is 7.29. The molecule has 1 aromatic rings. The molecule has 0 saturated heterocycles. The second kappa shape index (κ2) is 6.10. The van der Waals surface area contributed by atoms with Crippen molar-refractivity contribution in [1.82, 2.24) is 0 Å². The summed E-state index contributed by atoms with van der Waals surface area (Å²) in [6.07, 6.45) is 8.16. The monoisotopic (exact) mass is 335 g/mol. The van der Waals surface area contributed by atoms with Crippen LogP contribution in [0.15, 0.2) is 53.2 Å². The number of benzene rings is 1. The predicted molar refractivity (Wildman–Crippen MR) is 95.1 cm³/mol. The number of nitrogens with zero attached hydrogens (tertiary/aromatic N) is 1. The zero-order valence-corrected chi connectivity index (χ0v) is 14.4. The third-order valence-electron chi connectivity index (χ3n) is 5.67. The number of carbonyl (C=O) groups is 2. The molecule has 4 heteroatoms. The minimum atomic E-state index is -0.467. The van der Waals surface area contributed by atoms with Crippen molar-refractivity contribution in [3.8, 4) is 0 Å². The first-order valence-corrected chi connectivity index (χ1v) is 8.81. The molecular weight excluding hydrogens is 314 g/mol. The van der Waals surface area contributed by atoms with E-state index in [4.69, 9.17) is 4.84 Å². The van der Waals surface area contributed by atoms with Crippen molar-refractivity contribution < 1.29 is 14.4 Å². The van der Waals surface area contributed by atoms with Gasteiger partial charge in [0.25, 0.3) is 0 Å². The van der Waals surface area contributed by atoms with Crippen LogP contribution in [0.1, 0.15) is 35.7 Å². The van der Waals surface area contributed by atoms with Crippen molar-refractivity contribution >= 4 is 17.5 Å². The van der Waals surface area contributed by atoms with Gasteiger partial charge in [0.2, 0.25) is 0 Å². The molecule has 4 aliphatic carbocycles. The quantitative estimate of drug-likeness (QED) is 0.468. The number of hydrogen-bond donors (Lipinski definition) is 0. The van der Waals surface area contributed by atoms with Crippen LogP contribution >= 0.6 is 0 Å². The van der Waals surface area contributed by atoms with Crippen LogP contribution in [0, 0.1) is 30.6 Å². The van der Waals surface area contributed by atoms with E-state index in [9.17, 15) is 9.59 Å². The first kappa shape index (κ1) is 16.0. The van der Waals surface area contributed by atoms with Crippen LogP contribution in [-0.2, 0) is 9.63 Å². The van der Waals surface area contributed by atoms with Crippen molar-refractivity contribution in [2.24, 2.45) is 28.8 Å². The third-order valence-corrected chi connectivity index (χ3v) is 5.67. The van der Waals surface area contributed by atoms with Gasteiger partial charge < -0.3 is 4.84 Å². The lowest BCUT2D eigenvalue weighted by Gasteiger charge is -2.46. The molecule has 1 saturated carbocycles. The highest BCUT2D eigenvalue weighted by Crippen LogP contribution is 2.48. The van der Waals surface area contributed by atoms with Gasteiger partial charge in [-0.1, -0.05) is 35.0 Å². The van der Waals surface area contributed by atoms with Crippen LogP contribution in [0.3, 0.4) is 0 Å². The molecule has 0 unspecified atom stereocenters. The number of aryl methyl sites for hydroxylation is 1. The summed E-state index contributed by atoms with van der Waals surface area (Å²) >= 11 is 0. The van der Waals surface area contributed by atoms with E-state index in [1.165, 1.54) is 0 Å². The fraction of sp³-hybridized carbons (Fsp3) is 0.381. The van der Waals surface area contributed by atoms with Gasteiger partial charge in [-0.15, -0.1) is 0 Å². The number of fused-ring (bicyclic) bond motifs is 1. The molecule has 2 bridgehead atoms. The van der Waals surface area contributed by atoms with Crippen molar-refractivity contribution in [2.45, 2.75) is 26.7 Å². The third kappa shape index (κ3) is 2.76. The molecule has 4 aliphatic rings. The van der Waals surface area contributed by atoms with Crippen LogP contribution in [0.2, 0.25) is 0 Å². The van der Waals surface area contributed by atoms with Gasteiger partial charge in [0, 0.05) is 11.8 Å². The van der Waals surface area contributed by atoms with Crippen LogP contribution in [0.4, 0.5) is 0 Å². The Bertz CT molecular complexity index is 816. The van der Waals surface area contributed by atoms with E-state index in [0.29, 0.717) is 11.5 Å². The Balaban J connectivity index is 1.62. The molecule has 25 heavy (non-hydrogen) atoms. The van der Waals surface area contributed by atoms with Gasteiger partial charge >= 0.3 is 5.97 Å². The molecule has 0 N–H and O–H groups in total. The molecule has 4 nitrogen and oxygen atoms in total. The first-order chi connectivity index (χ1) is 12.0. The van der Waals surface area contributed by atoms with Gasteiger partial charge in [-0.25, -0.2) is 4.79 Å². The Morgan fingerprint density at radius 1 is 1.04 bits per heavy atom. The van der Waals surface area contributed by atoms with Crippen molar-refractivity contribution in [3.05, 3.63) is 59.2 Å². The van der Waals surface area contributed by atoms with Gasteiger partial charge in [-0.05, 0) is 62.3 Å². The highest BCUT2D eigenvalue weighted by molar-refractivity contribution is 6.13. The maximum Gasteiger partial charge on any atom is 0.365 e. The molecule has 5 rings (SSSR count). The van der Waals surface area contributed by atoms with Crippen LogP contribution in [0.5, 0.6) is 0 Å². The van der Waals surface area contributed by atoms with E-state index in [2.05, 4.69) is 17.3 Å². The minimum absolute atomic E-state index is 0.0343. The molecule has 0 radical (unpaired) electrons. The van der Waals surface area contributed by atoms with E-state index in [1.807, 2.05) is 26.0 Å². The van der Waals surface area contributed by atoms with Gasteiger partial charge in [0.15, 0.2) is 5.78 Å². The van der Waals surface area contributed by atoms with Gasteiger partial charge in [-0.3, -0.25) is 4.79 Å². The lowest BCUT2D eigenvalue weighted by Crippen LogP contribution is -2.47. The first-order valence-electron chi connectivity index (χ1n) is 8.81. The SMILES string of the molecule is CC1=CC(=O)[C@@H]2[C@@H](/C1=N/OC(=O)c1ccc(C)cc1)[C@H]1C=C[C@H]2CC1. The van der Waals surface area contributed by atoms with Crippen LogP contribution in [-0.4, -0.2) is 17.5 Å². The highest BCUT2D eigenvalue weighted by Gasteiger charge is 2.48. The Morgan fingerprint density at radius 2 is 1.68 bits per heavy atom. The van der Waals surface area contributed by atoms with E-state index >= 15 is 0 Å². The summed E-state index contributed by atoms with van der Waals surface area (Å²) in [4.78, 5) is 30.0. The minimum Gasteiger partial charge on any atom is -0.313 e. The molecule has 0 aliphatic heterocycles. The zero-order chi connectivity index (χ0) is 17.6. The molecule has 0 heterocycles. The van der Waals surface area contributed by atoms with Crippen molar-refractivity contribution in [1.29, 1.82) is 0 Å². The fourth-order valence-corrected chi connectivity index (χ4v) is 4.37. The molecule has 0 spiro atoms. The van der Waals surface area contributed by atoms with Crippen molar-refractivity contribution in [2.75, 3.05) is 0 Å². The number of carbonyl (C=O) groups excluding carboxylic acids is 2. The molecule has 128 valence electrons. The topological polar surface area (TPSA) is 55.7 Å². The Labute approximate surface area is 147 Å². The van der Waals surface area contributed by atoms with E-state index in [1.54, 1.807) is 18.2 Å². The molecular formula is C21H21NO3. The Hall–Kier alpha value is -2.49. The number of ketones is 1. The summed E-state index contributed by atoms with van der Waals surface area (Å²) in [6.45, 7) is 3.84. The Kier molecular flexibility index (Phi) is 3.91. The largest absolute Gasteiger partial charge is 0.365 e. The van der Waals surface area contributed by atoms with E-state index in [0.717, 1.165) is 29.7 Å². The summed E-state index contributed by atoms with van der Waals surface area (Å²) in [7, 11) is 0. The van der Waals surface area contributed by atoms with E-state index in [-0.39, 0.29) is 23.5 Å². The van der Waals surface area contributed by atoms with Crippen molar-refractivity contribution in [3.63, 3.8) is 0 Å². The van der Waals surface area contributed by atoms with Crippen LogP contribution < -0.4 is 0 Å². The number of oxime groups is 1. The fourth-order valence-electron chi connectivity index (χ4n) is 4.37. The Morgan fingerprint density at radius 3 is 2.32 bits per heavy atom. The summed E-state index contributed by atoms with van der Waals surface area (Å²) < 4.78 is 0. The zero-order valence-electron chi connectivity index (χ0n) is 14.4. The van der Waals surface area contributed by atoms with Gasteiger partial charge in [-0.2, -0.15) is 0 Å². The standard InChI is InChI=1S/C21H21NO3/c1-12-3-5-16(6-4-12)21(24)25-22-20-13(2)11-17(23)18-14-7-9-15(10-8-14)19(18)20/h3-7,9,11,14-15,18-19H,8,10H2,1-2H3/b22-20+/t14-,15-,18+,19-/m0/s1. The number of hydrogen-bond acceptors (Lipinski definition) is 4. The molecule has 0 amide bonds. The number of allylic oxidation sites excluding steroid dienone is 4. The molecule has 4 atom stereocenters. The summed E-state index contributed by atoms with van der Waals surface area (Å²) in [6, 6.07) is 7.21. The second-order valence-corrected chi connectivity index (χ2v) is 7.29. The van der Waals surface area contributed by atoms with Gasteiger partial charge in [0.1, 0.15) is 0 Å². The maximum atomic E-state index is 12.5. The van der Waals surface area contributed by atoms with Crippen LogP contribution in [0.25, 0.3) is 0 Å². The average molecular weight is 335 g/mol. The summed E-state index contributed by atoms with van der Waals surface area (Å²) in [5, 5.41) is 4.21. The predicted octanol–water partition coefficient (Wildman–Crippen LogP) is 3.87. The maximum absolute atomic E-state index is 12.5. The smallest absolute Gasteiger partial charge is 0.313 e. The summed E-state index contributed by atoms with van der Waals surface area (Å²) in [5.74, 6) is 0.288.